The minimum absolute atomic E-state index is 0.101. The van der Waals surface area contributed by atoms with Crippen LogP contribution in [0.3, 0.4) is 0 Å². The Labute approximate surface area is 195 Å². The van der Waals surface area contributed by atoms with E-state index in [-0.39, 0.29) is 4.71 Å². The lowest BCUT2D eigenvalue weighted by molar-refractivity contribution is -0.595. The van der Waals surface area contributed by atoms with Gasteiger partial charge in [-0.1, -0.05) is 0 Å². The Morgan fingerprint density at radius 2 is 1.44 bits per heavy atom. The second kappa shape index (κ2) is 9.41. The van der Waals surface area contributed by atoms with Crippen LogP contribution in [0, 0.1) is 0 Å². The van der Waals surface area contributed by atoms with Crippen molar-refractivity contribution in [3.05, 3.63) is 48.8 Å². The highest BCUT2D eigenvalue weighted by Gasteiger charge is 2.48. The van der Waals surface area contributed by atoms with E-state index in [0.29, 0.717) is 5.69 Å². The molecule has 0 aliphatic carbocycles. The number of hydrogen-bond acceptors (Lipinski definition) is 8. The van der Waals surface area contributed by atoms with E-state index in [1.807, 2.05) is 12.1 Å². The number of benzene rings is 1. The summed E-state index contributed by atoms with van der Waals surface area (Å²) in [5.74, 6) is 0. The van der Waals surface area contributed by atoms with Crippen LogP contribution < -0.4 is 9.47 Å². The van der Waals surface area contributed by atoms with Crippen molar-refractivity contribution in [1.29, 1.82) is 0 Å². The van der Waals surface area contributed by atoms with Gasteiger partial charge in [-0.25, -0.2) is 16.8 Å². The first-order valence-electron chi connectivity index (χ1n) is 9.29. The molecule has 14 heteroatoms. The molecule has 2 aromatic rings. The van der Waals surface area contributed by atoms with E-state index >= 15 is 0 Å². The molecule has 0 unspecified atom stereocenters. The second-order valence-corrected chi connectivity index (χ2v) is 12.8. The number of rotatable bonds is 6. The van der Waals surface area contributed by atoms with Gasteiger partial charge in [0, 0.05) is 56.1 Å². The van der Waals surface area contributed by atoms with Crippen molar-refractivity contribution in [3.8, 4) is 5.69 Å². The molecule has 0 spiro atoms. The summed E-state index contributed by atoms with van der Waals surface area (Å²) in [7, 11) is -10.5. The van der Waals surface area contributed by atoms with Crippen molar-refractivity contribution >= 4 is 50.6 Å². The largest absolute Gasteiger partial charge is 0.498 e. The van der Waals surface area contributed by atoms with Gasteiger partial charge in [0.2, 0.25) is 5.69 Å². The molecule has 176 valence electrons. The number of nitrogens with zero attached hydrogens (tertiary/aromatic N) is 3. The van der Waals surface area contributed by atoms with E-state index in [9.17, 15) is 30.0 Å². The van der Waals surface area contributed by atoms with Gasteiger partial charge in [-0.3, -0.25) is 4.90 Å². The fourth-order valence-corrected chi connectivity index (χ4v) is 6.90. The topological polar surface area (TPSA) is 78.6 Å². The quantitative estimate of drug-likeness (QED) is 0.339. The molecule has 0 atom stereocenters. The molecular weight excluding hydrogens is 507 g/mol. The molecule has 1 aliphatic rings. The molecule has 0 amide bonds. The van der Waals surface area contributed by atoms with Gasteiger partial charge in [-0.2, -0.15) is 17.7 Å². The smallest absolute Gasteiger partial charge is 0.369 e. The van der Waals surface area contributed by atoms with Crippen LogP contribution >= 0.6 is 25.3 Å². The zero-order chi connectivity index (χ0) is 23.7. The zero-order valence-electron chi connectivity index (χ0n) is 16.6. The number of thiol groups is 2. The van der Waals surface area contributed by atoms with Crippen LogP contribution in [0.2, 0.25) is 0 Å². The fraction of sp³-hybridized carbons (Fsp3) is 0.389. The molecule has 0 radical (unpaired) electrons. The molecule has 1 fully saturated rings. The van der Waals surface area contributed by atoms with Crippen molar-refractivity contribution in [2.45, 2.75) is 15.1 Å². The van der Waals surface area contributed by atoms with Gasteiger partial charge in [0.05, 0.1) is 9.60 Å². The average Bonchev–Trinajstić information content (AvgIpc) is 2.72. The minimum Gasteiger partial charge on any atom is -0.369 e. The van der Waals surface area contributed by atoms with Crippen LogP contribution in [0.1, 0.15) is 0 Å². The Kier molecular flexibility index (Phi) is 7.39. The third-order valence-corrected chi connectivity index (χ3v) is 9.81. The van der Waals surface area contributed by atoms with Crippen molar-refractivity contribution < 1.29 is 34.6 Å². The molecule has 1 saturated heterocycles. The monoisotopic (exact) mass is 528 g/mol. The molecular formula is C18H21F3N3O4S4+. The van der Waals surface area contributed by atoms with Gasteiger partial charge >= 0.3 is 5.51 Å². The Morgan fingerprint density at radius 3 is 1.91 bits per heavy atom. The van der Waals surface area contributed by atoms with Gasteiger partial charge in [-0.15, -0.1) is 25.3 Å². The summed E-state index contributed by atoms with van der Waals surface area (Å²) in [4.78, 5) is 3.85. The van der Waals surface area contributed by atoms with Crippen LogP contribution in [0.4, 0.5) is 18.9 Å². The maximum atomic E-state index is 12.5. The van der Waals surface area contributed by atoms with Crippen LogP contribution in [0.5, 0.6) is 0 Å². The van der Waals surface area contributed by atoms with Gasteiger partial charge in [-0.05, 0) is 12.1 Å². The maximum absolute atomic E-state index is 12.5. The van der Waals surface area contributed by atoms with Crippen molar-refractivity contribution in [2.24, 2.45) is 0 Å². The van der Waals surface area contributed by atoms with Crippen LogP contribution in [-0.2, 0) is 19.7 Å². The molecule has 1 aliphatic heterocycles. The predicted molar refractivity (Wildman–Crippen MR) is 121 cm³/mol. The maximum Gasteiger partial charge on any atom is 0.498 e. The van der Waals surface area contributed by atoms with Crippen molar-refractivity contribution in [1.82, 2.24) is 4.90 Å². The van der Waals surface area contributed by atoms with E-state index in [1.54, 1.807) is 17.0 Å². The Balaban J connectivity index is 1.71. The summed E-state index contributed by atoms with van der Waals surface area (Å²) in [6.45, 7) is 3.28. The summed E-state index contributed by atoms with van der Waals surface area (Å²) >= 11 is 8.64. The second-order valence-electron chi connectivity index (χ2n) is 7.12. The Bertz CT molecular complexity index is 1150. The Morgan fingerprint density at radius 1 is 0.906 bits per heavy atom. The third-order valence-electron chi connectivity index (χ3n) is 4.97. The molecule has 32 heavy (non-hydrogen) atoms. The third kappa shape index (κ3) is 5.71. The molecule has 3 rings (SSSR count). The number of pyridine rings is 1. The van der Waals surface area contributed by atoms with Gasteiger partial charge in [0.15, 0.2) is 27.3 Å². The lowest BCUT2D eigenvalue weighted by atomic mass is 10.2. The normalized spacial score (nSPS) is 16.5. The number of hydrogen-bond donors (Lipinski definition) is 2. The number of alkyl halides is 3. The summed E-state index contributed by atoms with van der Waals surface area (Å²) in [5.41, 5.74) is -4.06. The lowest BCUT2D eigenvalue weighted by Crippen LogP contribution is -2.48. The summed E-state index contributed by atoms with van der Waals surface area (Å²) in [6.07, 6.45) is 3.55. The van der Waals surface area contributed by atoms with E-state index in [1.165, 1.54) is 12.1 Å². The summed E-state index contributed by atoms with van der Waals surface area (Å²) in [5, 5.41) is -2.03. The number of aromatic nitrogens is 1. The molecule has 1 aromatic carbocycles. The summed E-state index contributed by atoms with van der Waals surface area (Å²) < 4.78 is 85.8. The van der Waals surface area contributed by atoms with Crippen LogP contribution in [0.15, 0.2) is 53.7 Å². The number of halogens is 3. The zero-order valence-corrected chi connectivity index (χ0v) is 20.0. The number of piperazine rings is 1. The van der Waals surface area contributed by atoms with Gasteiger partial charge < -0.3 is 4.90 Å². The van der Waals surface area contributed by atoms with E-state index in [0.717, 1.165) is 44.0 Å². The first kappa shape index (κ1) is 25.1. The van der Waals surface area contributed by atoms with Gasteiger partial charge in [0.1, 0.15) is 0 Å². The standard InChI is InChI=1S/C18H20F3N3O4S4/c19-18(20,21)32(27,28)13-31(25,26)16-3-1-14(2-4-16)22-7-5-15(6-8-22)23-9-11-24(12-10-23)17(29)30/h1-8,17H,9-13H2,(H-,29,30)/p+1. The minimum atomic E-state index is -5.80. The highest BCUT2D eigenvalue weighted by molar-refractivity contribution is 8.08. The molecule has 1 aromatic heterocycles. The van der Waals surface area contributed by atoms with E-state index in [2.05, 4.69) is 35.1 Å². The van der Waals surface area contributed by atoms with E-state index in [4.69, 9.17) is 0 Å². The van der Waals surface area contributed by atoms with Crippen LogP contribution in [0.25, 0.3) is 5.69 Å². The molecule has 0 bridgehead atoms. The highest BCUT2D eigenvalue weighted by Crippen LogP contribution is 2.27. The first-order chi connectivity index (χ1) is 14.8. The summed E-state index contributed by atoms with van der Waals surface area (Å²) in [6, 6.07) is 8.75. The fourth-order valence-electron chi connectivity index (χ4n) is 3.18. The lowest BCUT2D eigenvalue weighted by Gasteiger charge is -2.37. The van der Waals surface area contributed by atoms with Crippen molar-refractivity contribution in [3.63, 3.8) is 0 Å². The number of sulfone groups is 2. The van der Waals surface area contributed by atoms with Crippen LogP contribution in [-0.4, -0.2) is 63.2 Å². The average molecular weight is 529 g/mol. The molecule has 7 nitrogen and oxygen atoms in total. The first-order valence-corrected chi connectivity index (χ1v) is 13.6. The SMILES string of the molecule is O=S(=O)(CS(=O)(=O)C(F)(F)F)c1ccc(-[n+]2ccc(N3CCN(C(S)S)CC3)cc2)cc1. The Hall–Kier alpha value is -1.48. The molecule has 0 N–H and O–H groups in total. The predicted octanol–water partition coefficient (Wildman–Crippen LogP) is 1.89. The van der Waals surface area contributed by atoms with E-state index < -0.39 is 35.2 Å². The van der Waals surface area contributed by atoms with Gasteiger partial charge in [0.25, 0.3) is 9.84 Å². The highest BCUT2D eigenvalue weighted by atomic mass is 32.3. The van der Waals surface area contributed by atoms with Crippen molar-refractivity contribution in [2.75, 3.05) is 36.2 Å². The molecule has 2 heterocycles. The number of anilines is 1. The molecule has 0 saturated carbocycles.